The molecule has 1 aliphatic heterocycles. The lowest BCUT2D eigenvalue weighted by atomic mass is 9.98. The van der Waals surface area contributed by atoms with E-state index in [1.807, 2.05) is 6.92 Å². The Hall–Kier alpha value is -4.67. The Balaban J connectivity index is 1.34. The van der Waals surface area contributed by atoms with Crippen LogP contribution in [-0.2, 0) is 35.3 Å². The number of esters is 1. The third-order valence-corrected chi connectivity index (χ3v) is 7.87. The van der Waals surface area contributed by atoms with E-state index < -0.39 is 46.2 Å². The summed E-state index contributed by atoms with van der Waals surface area (Å²) >= 11 is 0. The molecule has 4 rings (SSSR count). The number of benzene rings is 2. The molecule has 1 saturated heterocycles. The average molecular weight is 653 g/mol. The van der Waals surface area contributed by atoms with Gasteiger partial charge in [0, 0.05) is 17.4 Å². The van der Waals surface area contributed by atoms with E-state index in [-0.39, 0.29) is 28.9 Å². The van der Waals surface area contributed by atoms with Crippen LogP contribution in [0.25, 0.3) is 16.9 Å². The van der Waals surface area contributed by atoms with Crippen LogP contribution in [0.5, 0.6) is 0 Å². The molecule has 1 fully saturated rings. The Kier molecular flexibility index (Phi) is 9.70. The highest BCUT2D eigenvalue weighted by molar-refractivity contribution is 7.90. The Labute approximate surface area is 256 Å². The summed E-state index contributed by atoms with van der Waals surface area (Å²) in [6.07, 6.45) is -5.36. The summed E-state index contributed by atoms with van der Waals surface area (Å²) in [6, 6.07) is 12.1. The number of hydrogen-bond acceptors (Lipinski definition) is 10. The number of sulfonamides is 1. The van der Waals surface area contributed by atoms with Crippen LogP contribution in [0.2, 0.25) is 0 Å². The Bertz CT molecular complexity index is 1650. The lowest BCUT2D eigenvalue weighted by molar-refractivity contribution is -0.167. The van der Waals surface area contributed by atoms with E-state index in [1.54, 1.807) is 49.8 Å². The van der Waals surface area contributed by atoms with E-state index >= 15 is 0 Å². The molecule has 0 aliphatic carbocycles. The number of alkyl halides is 3. The van der Waals surface area contributed by atoms with Gasteiger partial charge in [-0.1, -0.05) is 29.8 Å². The van der Waals surface area contributed by atoms with Gasteiger partial charge in [0.25, 0.3) is 16.8 Å². The Morgan fingerprint density at radius 3 is 2.29 bits per heavy atom. The van der Waals surface area contributed by atoms with E-state index in [1.165, 1.54) is 17.1 Å². The lowest BCUT2D eigenvalue weighted by Gasteiger charge is -2.36. The highest BCUT2D eigenvalue weighted by Crippen LogP contribution is 2.33. The molecule has 0 saturated carbocycles. The fraction of sp³-hybridized carbons (Fsp3) is 0.393. The molecular formula is C28H31F3N6O7S. The first-order valence-electron chi connectivity index (χ1n) is 13.6. The molecule has 3 aromatic rings. The predicted octanol–water partition coefficient (Wildman–Crippen LogP) is 5.20. The summed E-state index contributed by atoms with van der Waals surface area (Å²) in [7, 11) is -4.38. The van der Waals surface area contributed by atoms with Crippen LogP contribution in [-0.4, -0.2) is 61.3 Å². The van der Waals surface area contributed by atoms with Crippen molar-refractivity contribution in [3.63, 3.8) is 0 Å². The minimum atomic E-state index is -4.70. The molecular weight excluding hydrogens is 621 g/mol. The van der Waals surface area contributed by atoms with Crippen LogP contribution < -0.4 is 4.72 Å². The quantitative estimate of drug-likeness (QED) is 0.102. The molecule has 1 aliphatic rings. The summed E-state index contributed by atoms with van der Waals surface area (Å²) in [5, 5.41) is 12.4. The molecule has 1 N–H and O–H groups in total. The highest BCUT2D eigenvalue weighted by atomic mass is 32.2. The Morgan fingerprint density at radius 2 is 1.71 bits per heavy atom. The van der Waals surface area contributed by atoms with Gasteiger partial charge in [-0.05, 0) is 69.7 Å². The van der Waals surface area contributed by atoms with Crippen LogP contribution in [0.4, 0.5) is 18.0 Å². The number of rotatable bonds is 10. The largest absolute Gasteiger partial charge is 0.447 e. The van der Waals surface area contributed by atoms with Gasteiger partial charge in [0.05, 0.1) is 27.7 Å². The van der Waals surface area contributed by atoms with Gasteiger partial charge < -0.3 is 14.3 Å². The van der Waals surface area contributed by atoms with Gasteiger partial charge in [-0.15, -0.1) is 0 Å². The molecule has 2 heterocycles. The average Bonchev–Trinajstić information content (AvgIpc) is 3.40. The van der Waals surface area contributed by atoms with Gasteiger partial charge in [0.1, 0.15) is 6.61 Å². The maximum Gasteiger partial charge on any atom is 0.435 e. The molecule has 0 spiro atoms. The number of hydrogen-bond donors (Lipinski definition) is 1. The number of aryl methyl sites for hydroxylation is 1. The third-order valence-electron chi connectivity index (χ3n) is 6.54. The van der Waals surface area contributed by atoms with Crippen molar-refractivity contribution in [1.29, 1.82) is 0 Å². The van der Waals surface area contributed by atoms with Crippen LogP contribution in [0.3, 0.4) is 0 Å². The summed E-state index contributed by atoms with van der Waals surface area (Å²) in [5.41, 5.74) is -0.101. The Morgan fingerprint density at radius 1 is 1.04 bits per heavy atom. The number of ether oxygens (including phenoxy) is 2. The molecule has 242 valence electrons. The fourth-order valence-electron chi connectivity index (χ4n) is 3.89. The zero-order valence-corrected chi connectivity index (χ0v) is 25.6. The molecule has 1 atom stereocenters. The van der Waals surface area contributed by atoms with E-state index in [0.29, 0.717) is 18.5 Å². The van der Waals surface area contributed by atoms with Crippen molar-refractivity contribution in [3.05, 3.63) is 65.9 Å². The number of nitrogens with zero attached hydrogens (tertiary/aromatic N) is 5. The normalized spacial score (nSPS) is 15.4. The topological polar surface area (TPSA) is 154 Å². The molecule has 17 heteroatoms. The first kappa shape index (κ1) is 33.2. The second-order valence-corrected chi connectivity index (χ2v) is 12.8. The van der Waals surface area contributed by atoms with Gasteiger partial charge in [-0.25, -0.2) is 22.6 Å². The van der Waals surface area contributed by atoms with Crippen LogP contribution in [0.1, 0.15) is 38.4 Å². The van der Waals surface area contributed by atoms with E-state index in [9.17, 15) is 31.2 Å². The second-order valence-electron chi connectivity index (χ2n) is 11.1. The monoisotopic (exact) mass is 652 g/mol. The van der Waals surface area contributed by atoms with E-state index in [4.69, 9.17) is 14.3 Å². The second kappa shape index (κ2) is 13.1. The van der Waals surface area contributed by atoms with Crippen LogP contribution in [0, 0.1) is 12.3 Å². The minimum Gasteiger partial charge on any atom is -0.447 e. The molecule has 1 aromatic heterocycles. The first-order valence-corrected chi connectivity index (χ1v) is 15.0. The molecule has 1 amide bonds. The van der Waals surface area contributed by atoms with Crippen molar-refractivity contribution in [3.8, 4) is 16.9 Å². The lowest BCUT2D eigenvalue weighted by Crippen LogP contribution is -2.47. The van der Waals surface area contributed by atoms with Crippen molar-refractivity contribution in [1.82, 2.24) is 19.5 Å². The zero-order valence-electron chi connectivity index (χ0n) is 24.7. The molecule has 13 nitrogen and oxygen atoms in total. The third kappa shape index (κ3) is 8.49. The smallest absolute Gasteiger partial charge is 0.435 e. The van der Waals surface area contributed by atoms with Gasteiger partial charge in [-0.2, -0.15) is 18.3 Å². The van der Waals surface area contributed by atoms with Crippen molar-refractivity contribution in [2.45, 2.75) is 51.2 Å². The highest BCUT2D eigenvalue weighted by Gasteiger charge is 2.35. The maximum absolute atomic E-state index is 13.5. The van der Waals surface area contributed by atoms with E-state index in [0.717, 1.165) is 28.4 Å². The van der Waals surface area contributed by atoms with E-state index in [2.05, 4.69) is 15.6 Å². The maximum atomic E-state index is 13.5. The summed E-state index contributed by atoms with van der Waals surface area (Å²) in [4.78, 5) is 28.4. The summed E-state index contributed by atoms with van der Waals surface area (Å²) in [6.45, 7) is 6.72. The molecule has 0 radical (unpaired) electrons. The number of nitrogens with one attached hydrogen (secondary N) is 1. The number of aromatic nitrogens is 2. The number of carbonyl (C=O) groups is 2. The SMILES string of the molecule is Cc1ccc(-c2cc(C(F)(F)F)nn2-c2ccc(S(=O)(=O)NC(=O)OCC3CCN3N=NOCOC(=O)C(C)(C)C)cc2)cc1. The zero-order chi connectivity index (χ0) is 33.0. The van der Waals surface area contributed by atoms with Crippen molar-refractivity contribution >= 4 is 22.1 Å². The number of halogens is 3. The predicted molar refractivity (Wildman–Crippen MR) is 152 cm³/mol. The minimum absolute atomic E-state index is 0.153. The van der Waals surface area contributed by atoms with Crippen molar-refractivity contribution in [2.75, 3.05) is 19.9 Å². The first-order chi connectivity index (χ1) is 21.0. The number of amides is 1. The molecule has 45 heavy (non-hydrogen) atoms. The van der Waals surface area contributed by atoms with Gasteiger partial charge >= 0.3 is 18.2 Å². The number of carbonyl (C=O) groups excluding carboxylic acids is 2. The van der Waals surface area contributed by atoms with Crippen LogP contribution >= 0.6 is 0 Å². The summed E-state index contributed by atoms with van der Waals surface area (Å²) < 4.78 is 78.8. The summed E-state index contributed by atoms with van der Waals surface area (Å²) in [5.74, 6) is -0.477. The standard InChI is InChI=1S/C28H31F3N6O7S/c1-18-5-7-19(8-6-18)23-15-24(28(29,30)31)32-37(23)20-9-11-22(12-10-20)45(40,41)33-26(39)42-16-21-13-14-36(21)34-35-44-17-43-25(38)27(2,3)4/h5-12,15,21H,13-14,16-17H2,1-4H3,(H,33,39). The van der Waals surface area contributed by atoms with Gasteiger partial charge in [0.2, 0.25) is 0 Å². The molecule has 0 bridgehead atoms. The molecule has 1 unspecified atom stereocenters. The van der Waals surface area contributed by atoms with Crippen molar-refractivity contribution < 1.29 is 45.5 Å². The fourth-order valence-corrected chi connectivity index (χ4v) is 4.78. The van der Waals surface area contributed by atoms with Crippen molar-refractivity contribution in [2.24, 2.45) is 15.9 Å². The van der Waals surface area contributed by atoms with Crippen LogP contribution in [0.15, 0.2) is 70.0 Å². The molecule has 2 aromatic carbocycles. The van der Waals surface area contributed by atoms with Gasteiger partial charge in [0.15, 0.2) is 5.69 Å². The van der Waals surface area contributed by atoms with Gasteiger partial charge in [-0.3, -0.25) is 9.80 Å².